The molecule has 104 valence electrons. The molecule has 1 atom stereocenters. The molecule has 0 aliphatic rings. The van der Waals surface area contributed by atoms with Gasteiger partial charge in [-0.2, -0.15) is 0 Å². The van der Waals surface area contributed by atoms with Crippen molar-refractivity contribution in [2.24, 2.45) is 0 Å². The van der Waals surface area contributed by atoms with Crippen LogP contribution in [0.25, 0.3) is 10.1 Å². The minimum atomic E-state index is 0.428. The van der Waals surface area contributed by atoms with Gasteiger partial charge >= 0.3 is 0 Å². The van der Waals surface area contributed by atoms with Crippen molar-refractivity contribution >= 4 is 32.8 Å². The Balaban J connectivity index is 1.90. The second-order valence-electron chi connectivity index (χ2n) is 5.02. The molecule has 3 heteroatoms. The molecule has 0 radical (unpaired) electrons. The van der Waals surface area contributed by atoms with Gasteiger partial charge in [0.15, 0.2) is 0 Å². The Bertz CT molecular complexity index is 696. The number of thiophene rings is 2. The normalized spacial score (nSPS) is 12.9. The summed E-state index contributed by atoms with van der Waals surface area (Å²) < 4.78 is 1.39. The summed E-state index contributed by atoms with van der Waals surface area (Å²) in [4.78, 5) is 2.83. The Kier molecular flexibility index (Phi) is 4.20. The number of fused-ring (bicyclic) bond motifs is 1. The zero-order chi connectivity index (χ0) is 13.9. The first-order chi connectivity index (χ1) is 9.78. The highest BCUT2D eigenvalue weighted by Gasteiger charge is 2.15. The molecule has 0 aliphatic heterocycles. The highest BCUT2D eigenvalue weighted by molar-refractivity contribution is 7.17. The van der Waals surface area contributed by atoms with E-state index in [-0.39, 0.29) is 0 Å². The molecule has 1 N–H and O–H groups in total. The van der Waals surface area contributed by atoms with Crippen molar-refractivity contribution in [3.8, 4) is 0 Å². The maximum Gasteiger partial charge on any atom is 0.0456 e. The van der Waals surface area contributed by atoms with E-state index in [4.69, 9.17) is 0 Å². The molecule has 3 rings (SSSR count). The lowest BCUT2D eigenvalue weighted by Crippen LogP contribution is -2.21. The minimum absolute atomic E-state index is 0.428. The summed E-state index contributed by atoms with van der Waals surface area (Å²) in [7, 11) is 0. The summed E-state index contributed by atoms with van der Waals surface area (Å²) in [6.45, 7) is 5.36. The average Bonchev–Trinajstić information content (AvgIpc) is 3.05. The zero-order valence-electron chi connectivity index (χ0n) is 11.8. The molecule has 0 bridgehead atoms. The average molecular weight is 301 g/mol. The van der Waals surface area contributed by atoms with Crippen LogP contribution in [-0.2, 0) is 6.42 Å². The Labute approximate surface area is 128 Å². The van der Waals surface area contributed by atoms with Crippen molar-refractivity contribution in [3.63, 3.8) is 0 Å². The van der Waals surface area contributed by atoms with Crippen molar-refractivity contribution in [2.45, 2.75) is 26.3 Å². The van der Waals surface area contributed by atoms with Gasteiger partial charge in [0.05, 0.1) is 0 Å². The second-order valence-corrected chi connectivity index (χ2v) is 7.25. The summed E-state index contributed by atoms with van der Waals surface area (Å²) in [6.07, 6.45) is 1.07. The van der Waals surface area contributed by atoms with E-state index in [1.807, 2.05) is 22.7 Å². The molecule has 0 spiro atoms. The van der Waals surface area contributed by atoms with Crippen LogP contribution in [0.15, 0.2) is 41.8 Å². The van der Waals surface area contributed by atoms with Crippen molar-refractivity contribution in [1.82, 2.24) is 5.32 Å². The van der Waals surface area contributed by atoms with Gasteiger partial charge in [0.25, 0.3) is 0 Å². The standard InChI is InChI=1S/C17H19NS2/c1-3-18-15(17-9-8-12(2)20-17)10-13-11-19-16-7-5-4-6-14(13)16/h4-9,11,15,18H,3,10H2,1-2H3. The van der Waals surface area contributed by atoms with E-state index in [1.165, 1.54) is 25.4 Å². The van der Waals surface area contributed by atoms with Crippen molar-refractivity contribution in [1.29, 1.82) is 0 Å². The van der Waals surface area contributed by atoms with Crippen molar-refractivity contribution in [3.05, 3.63) is 57.1 Å². The fraction of sp³-hybridized carbons (Fsp3) is 0.294. The van der Waals surface area contributed by atoms with Crippen LogP contribution in [0, 0.1) is 6.92 Å². The van der Waals surface area contributed by atoms with Gasteiger partial charge in [-0.05, 0) is 54.4 Å². The molecular formula is C17H19NS2. The quantitative estimate of drug-likeness (QED) is 0.686. The molecular weight excluding hydrogens is 282 g/mol. The Morgan fingerprint density at radius 3 is 2.75 bits per heavy atom. The van der Waals surface area contributed by atoms with Crippen LogP contribution >= 0.6 is 22.7 Å². The number of nitrogens with one attached hydrogen (secondary N) is 1. The number of benzene rings is 1. The molecule has 1 nitrogen and oxygen atoms in total. The molecule has 0 aliphatic carbocycles. The first-order valence-corrected chi connectivity index (χ1v) is 8.72. The maximum atomic E-state index is 3.63. The van der Waals surface area contributed by atoms with Crippen LogP contribution in [0.5, 0.6) is 0 Å². The van der Waals surface area contributed by atoms with Gasteiger partial charge in [-0.1, -0.05) is 25.1 Å². The highest BCUT2D eigenvalue weighted by atomic mass is 32.1. The van der Waals surface area contributed by atoms with Crippen LogP contribution in [0.1, 0.15) is 28.3 Å². The lowest BCUT2D eigenvalue weighted by Gasteiger charge is -2.16. The van der Waals surface area contributed by atoms with Crippen LogP contribution in [0.3, 0.4) is 0 Å². The Morgan fingerprint density at radius 2 is 2.00 bits per heavy atom. The molecule has 0 saturated heterocycles. The zero-order valence-corrected chi connectivity index (χ0v) is 13.5. The summed E-state index contributed by atoms with van der Waals surface area (Å²) in [6, 6.07) is 13.6. The first-order valence-electron chi connectivity index (χ1n) is 7.02. The summed E-state index contributed by atoms with van der Waals surface area (Å²) in [5, 5.41) is 7.36. The van der Waals surface area contributed by atoms with Gasteiger partial charge in [-0.3, -0.25) is 0 Å². The van der Waals surface area contributed by atoms with Gasteiger partial charge in [0.2, 0.25) is 0 Å². The molecule has 0 amide bonds. The molecule has 1 unspecified atom stereocenters. The van der Waals surface area contributed by atoms with E-state index in [2.05, 4.69) is 60.9 Å². The molecule has 3 aromatic rings. The third kappa shape index (κ3) is 2.80. The third-order valence-corrected chi connectivity index (χ3v) is 5.67. The van der Waals surface area contributed by atoms with Gasteiger partial charge in [0, 0.05) is 20.5 Å². The summed E-state index contributed by atoms with van der Waals surface area (Å²) in [5.41, 5.74) is 1.46. The van der Waals surface area contributed by atoms with E-state index in [0.717, 1.165) is 13.0 Å². The second kappa shape index (κ2) is 6.08. The maximum absolute atomic E-state index is 3.63. The lowest BCUT2D eigenvalue weighted by atomic mass is 10.0. The smallest absolute Gasteiger partial charge is 0.0456 e. The van der Waals surface area contributed by atoms with E-state index in [1.54, 1.807) is 0 Å². The molecule has 20 heavy (non-hydrogen) atoms. The molecule has 1 aromatic carbocycles. The van der Waals surface area contributed by atoms with Crippen LogP contribution in [0.2, 0.25) is 0 Å². The molecule has 2 aromatic heterocycles. The Morgan fingerprint density at radius 1 is 1.15 bits per heavy atom. The molecule has 0 fully saturated rings. The third-order valence-electron chi connectivity index (χ3n) is 3.54. The summed E-state index contributed by atoms with van der Waals surface area (Å²) >= 11 is 3.75. The molecule has 0 saturated carbocycles. The number of aryl methyl sites for hydroxylation is 1. The fourth-order valence-electron chi connectivity index (χ4n) is 2.57. The van der Waals surface area contributed by atoms with Crippen molar-refractivity contribution in [2.75, 3.05) is 6.54 Å². The largest absolute Gasteiger partial charge is 0.309 e. The van der Waals surface area contributed by atoms with Gasteiger partial charge in [-0.15, -0.1) is 22.7 Å². The lowest BCUT2D eigenvalue weighted by molar-refractivity contribution is 0.560. The number of hydrogen-bond donors (Lipinski definition) is 1. The molecule has 2 heterocycles. The van der Waals surface area contributed by atoms with Crippen LogP contribution < -0.4 is 5.32 Å². The first kappa shape index (κ1) is 13.8. The van der Waals surface area contributed by atoms with Gasteiger partial charge < -0.3 is 5.32 Å². The predicted molar refractivity (Wildman–Crippen MR) is 91.0 cm³/mol. The topological polar surface area (TPSA) is 12.0 Å². The van der Waals surface area contributed by atoms with Crippen LogP contribution in [-0.4, -0.2) is 6.54 Å². The van der Waals surface area contributed by atoms with E-state index >= 15 is 0 Å². The van der Waals surface area contributed by atoms with Gasteiger partial charge in [0.1, 0.15) is 0 Å². The summed E-state index contributed by atoms with van der Waals surface area (Å²) in [5.74, 6) is 0. The number of hydrogen-bond acceptors (Lipinski definition) is 3. The number of likely N-dealkylation sites (N-methyl/N-ethyl adjacent to an activating group) is 1. The van der Waals surface area contributed by atoms with E-state index < -0.39 is 0 Å². The Hall–Kier alpha value is -1.16. The van der Waals surface area contributed by atoms with Gasteiger partial charge in [-0.25, -0.2) is 0 Å². The predicted octanol–water partition coefficient (Wildman–Crippen LogP) is 5.16. The SMILES string of the molecule is CCNC(Cc1csc2ccccc12)c1ccc(C)s1. The fourth-order valence-corrected chi connectivity index (χ4v) is 4.50. The van der Waals surface area contributed by atoms with Crippen LogP contribution in [0.4, 0.5) is 0 Å². The monoisotopic (exact) mass is 301 g/mol. The van der Waals surface area contributed by atoms with E-state index in [9.17, 15) is 0 Å². The van der Waals surface area contributed by atoms with E-state index in [0.29, 0.717) is 6.04 Å². The van der Waals surface area contributed by atoms with Crippen molar-refractivity contribution < 1.29 is 0 Å². The highest BCUT2D eigenvalue weighted by Crippen LogP contribution is 2.31. The minimum Gasteiger partial charge on any atom is -0.309 e. The number of rotatable bonds is 5.